The second-order valence-electron chi connectivity index (χ2n) is 13.3. The van der Waals surface area contributed by atoms with Crippen molar-refractivity contribution < 1.29 is 23.5 Å². The predicted octanol–water partition coefficient (Wildman–Crippen LogP) is 6.59. The highest BCUT2D eigenvalue weighted by Gasteiger charge is 2.53. The Kier molecular flexibility index (Phi) is 9.89. The molecule has 0 saturated carbocycles. The van der Waals surface area contributed by atoms with Crippen LogP contribution < -0.4 is 10.4 Å². The number of carbonyl (C=O) groups is 2. The van der Waals surface area contributed by atoms with Crippen LogP contribution in [0.25, 0.3) is 0 Å². The van der Waals surface area contributed by atoms with Gasteiger partial charge in [0.15, 0.2) is 0 Å². The summed E-state index contributed by atoms with van der Waals surface area (Å²) in [5.74, 6) is -0.411. The second kappa shape index (κ2) is 12.4. The van der Waals surface area contributed by atoms with Gasteiger partial charge in [-0.05, 0) is 67.8 Å². The van der Waals surface area contributed by atoms with Crippen molar-refractivity contribution in [3.8, 4) is 0 Å². The summed E-state index contributed by atoms with van der Waals surface area (Å²) >= 11 is 0. The van der Waals surface area contributed by atoms with Crippen LogP contribution >= 0.6 is 0 Å². The third-order valence-corrected chi connectivity index (χ3v) is 13.4. The minimum atomic E-state index is -3.03. The number of methoxy groups -OCH3 is 1. The molecule has 0 bridgehead atoms. The van der Waals surface area contributed by atoms with E-state index in [2.05, 4.69) is 58.9 Å². The molecule has 1 aliphatic rings. The predicted molar refractivity (Wildman–Crippen MR) is 164 cm³/mol. The molecule has 218 valence electrons. The Bertz CT molecular complexity index is 1140. The number of hydrogen-bond donors (Lipinski definition) is 0. The van der Waals surface area contributed by atoms with Gasteiger partial charge in [0.1, 0.15) is 11.7 Å². The van der Waals surface area contributed by atoms with Crippen molar-refractivity contribution >= 4 is 30.6 Å². The Morgan fingerprint density at radius 1 is 0.950 bits per heavy atom. The lowest BCUT2D eigenvalue weighted by molar-refractivity contribution is -0.164. The lowest BCUT2D eigenvalue weighted by Gasteiger charge is -2.46. The molecule has 0 heterocycles. The first-order valence-electron chi connectivity index (χ1n) is 14.5. The molecular formula is C34H48O5Si. The van der Waals surface area contributed by atoms with E-state index in [1.54, 1.807) is 0 Å². The van der Waals surface area contributed by atoms with Crippen molar-refractivity contribution in [3.05, 3.63) is 72.3 Å². The average Bonchev–Trinajstić information content (AvgIpc) is 2.89. The molecule has 0 radical (unpaired) electrons. The highest BCUT2D eigenvalue weighted by Crippen LogP contribution is 2.47. The molecule has 0 fully saturated rings. The highest BCUT2D eigenvalue weighted by molar-refractivity contribution is 6.99. The van der Waals surface area contributed by atoms with Gasteiger partial charge in [0.05, 0.1) is 7.11 Å². The number of allylic oxidation sites excluding steroid dienone is 1. The quantitative estimate of drug-likeness (QED) is 0.254. The summed E-state index contributed by atoms with van der Waals surface area (Å²) in [5, 5.41) is 1.92. The molecule has 0 aromatic heterocycles. The second-order valence-corrected chi connectivity index (χ2v) is 17.6. The van der Waals surface area contributed by atoms with Gasteiger partial charge in [0.25, 0.3) is 8.32 Å². The van der Waals surface area contributed by atoms with E-state index < -0.39 is 25.4 Å². The Morgan fingerprint density at radius 3 is 1.93 bits per heavy atom. The van der Waals surface area contributed by atoms with Crippen molar-refractivity contribution in [2.75, 3.05) is 7.11 Å². The number of esters is 2. The van der Waals surface area contributed by atoms with Gasteiger partial charge < -0.3 is 13.9 Å². The van der Waals surface area contributed by atoms with E-state index in [-0.39, 0.29) is 22.9 Å². The number of carbonyl (C=O) groups excluding carboxylic acids is 2. The molecule has 0 unspecified atom stereocenters. The Hall–Kier alpha value is -2.70. The molecule has 3 atom stereocenters. The molecule has 0 N–H and O–H groups in total. The van der Waals surface area contributed by atoms with Crippen molar-refractivity contribution in [2.45, 2.75) is 97.8 Å². The molecule has 2 aromatic rings. The molecule has 2 aromatic carbocycles. The third-order valence-electron chi connectivity index (χ3n) is 8.39. The Labute approximate surface area is 242 Å². The van der Waals surface area contributed by atoms with Crippen LogP contribution in [-0.4, -0.2) is 39.1 Å². The summed E-state index contributed by atoms with van der Waals surface area (Å²) in [6, 6.07) is 20.7. The van der Waals surface area contributed by atoms with Gasteiger partial charge in [-0.25, -0.2) is 9.59 Å². The number of hydrogen-bond acceptors (Lipinski definition) is 5. The number of rotatable bonds is 9. The Morgan fingerprint density at radius 2 is 1.48 bits per heavy atom. The summed E-state index contributed by atoms with van der Waals surface area (Å²) in [5.41, 5.74) is -0.411. The van der Waals surface area contributed by atoms with E-state index in [0.29, 0.717) is 18.4 Å². The van der Waals surface area contributed by atoms with Gasteiger partial charge in [-0.1, -0.05) is 101 Å². The van der Waals surface area contributed by atoms with Crippen molar-refractivity contribution in [1.82, 2.24) is 0 Å². The standard InChI is InChI=1S/C34H48O5Si/c1-25-17-16-22-28(30(35)37-9)34(25,8)24-23-29(31(36)38-32(2,3)4)39-40(33(5,6)7,26-18-12-10-13-19-26)27-20-14-11-15-21-27/h10-15,18-22,25,29H,16-17,23-24H2,1-9H3/t25-,29-,34+/m0/s1. The van der Waals surface area contributed by atoms with Crippen LogP contribution in [0.5, 0.6) is 0 Å². The minimum Gasteiger partial charge on any atom is -0.466 e. The fraction of sp³-hybridized carbons (Fsp3) is 0.529. The maximum absolute atomic E-state index is 13.9. The topological polar surface area (TPSA) is 61.8 Å². The zero-order valence-electron chi connectivity index (χ0n) is 25.9. The molecule has 40 heavy (non-hydrogen) atoms. The van der Waals surface area contributed by atoms with Crippen LogP contribution in [0.3, 0.4) is 0 Å². The molecule has 3 rings (SSSR count). The minimum absolute atomic E-state index is 0.249. The average molecular weight is 565 g/mol. The van der Waals surface area contributed by atoms with Gasteiger partial charge in [0.2, 0.25) is 0 Å². The molecule has 0 spiro atoms. The zero-order chi connectivity index (χ0) is 29.8. The molecule has 0 amide bonds. The van der Waals surface area contributed by atoms with Crippen LogP contribution in [0, 0.1) is 11.3 Å². The van der Waals surface area contributed by atoms with Gasteiger partial charge >= 0.3 is 11.9 Å². The fourth-order valence-electron chi connectivity index (χ4n) is 6.03. The van der Waals surface area contributed by atoms with Crippen LogP contribution in [0.1, 0.15) is 81.1 Å². The molecule has 1 aliphatic carbocycles. The van der Waals surface area contributed by atoms with E-state index >= 15 is 0 Å². The van der Waals surface area contributed by atoms with Crippen molar-refractivity contribution in [1.29, 1.82) is 0 Å². The van der Waals surface area contributed by atoms with E-state index in [1.165, 1.54) is 7.11 Å². The van der Waals surface area contributed by atoms with Gasteiger partial charge in [-0.2, -0.15) is 0 Å². The number of benzene rings is 2. The van der Waals surface area contributed by atoms with E-state index in [9.17, 15) is 9.59 Å². The van der Waals surface area contributed by atoms with E-state index in [1.807, 2.05) is 63.2 Å². The SMILES string of the molecule is COC(=O)C1=CCC[C@H](C)[C@@]1(C)CC[C@H](O[Si](c1ccccc1)(c1ccccc1)C(C)(C)C)C(=O)OC(C)(C)C. The van der Waals surface area contributed by atoms with Crippen LogP contribution in [-0.2, 0) is 23.5 Å². The van der Waals surface area contributed by atoms with Gasteiger partial charge in [0, 0.05) is 11.0 Å². The first-order chi connectivity index (χ1) is 18.7. The third kappa shape index (κ3) is 6.77. The van der Waals surface area contributed by atoms with Gasteiger partial charge in [-0.3, -0.25) is 0 Å². The highest BCUT2D eigenvalue weighted by atomic mass is 28.4. The first-order valence-corrected chi connectivity index (χ1v) is 16.4. The van der Waals surface area contributed by atoms with Crippen LogP contribution in [0.4, 0.5) is 0 Å². The fourth-order valence-corrected chi connectivity index (χ4v) is 10.7. The maximum atomic E-state index is 13.9. The zero-order valence-corrected chi connectivity index (χ0v) is 26.9. The summed E-state index contributed by atoms with van der Waals surface area (Å²) in [7, 11) is -1.60. The van der Waals surface area contributed by atoms with Crippen LogP contribution in [0.15, 0.2) is 72.3 Å². The molecule has 0 aliphatic heterocycles. The van der Waals surface area contributed by atoms with Crippen LogP contribution in [0.2, 0.25) is 5.04 Å². The monoisotopic (exact) mass is 564 g/mol. The molecular weight excluding hydrogens is 516 g/mol. The maximum Gasteiger partial charge on any atom is 0.334 e. The summed E-state index contributed by atoms with van der Waals surface area (Å²) in [4.78, 5) is 26.7. The lowest BCUT2D eigenvalue weighted by atomic mass is 9.64. The lowest BCUT2D eigenvalue weighted by Crippen LogP contribution is -2.68. The largest absolute Gasteiger partial charge is 0.466 e. The number of ether oxygens (including phenoxy) is 2. The smallest absolute Gasteiger partial charge is 0.334 e. The summed E-state index contributed by atoms with van der Waals surface area (Å²) < 4.78 is 18.5. The summed E-state index contributed by atoms with van der Waals surface area (Å²) in [6.07, 6.45) is 4.04. The van der Waals surface area contributed by atoms with Crippen molar-refractivity contribution in [2.24, 2.45) is 11.3 Å². The normalized spacial score (nSPS) is 20.8. The summed E-state index contributed by atoms with van der Waals surface area (Å²) in [6.45, 7) is 16.6. The Balaban J connectivity index is 2.13. The first kappa shape index (κ1) is 31.8. The molecule has 6 heteroatoms. The van der Waals surface area contributed by atoms with Gasteiger partial charge in [-0.15, -0.1) is 0 Å². The van der Waals surface area contributed by atoms with E-state index in [0.717, 1.165) is 23.2 Å². The molecule has 5 nitrogen and oxygen atoms in total. The van der Waals surface area contributed by atoms with E-state index in [4.69, 9.17) is 13.9 Å². The van der Waals surface area contributed by atoms with Crippen molar-refractivity contribution in [3.63, 3.8) is 0 Å². The molecule has 0 saturated heterocycles.